The molecule has 2 aromatic rings. The molecule has 0 aliphatic carbocycles. The second-order valence-corrected chi connectivity index (χ2v) is 10.3. The first-order chi connectivity index (χ1) is 14.3. The highest BCUT2D eigenvalue weighted by Crippen LogP contribution is 2.33. The molecule has 0 unspecified atom stereocenters. The van der Waals surface area contributed by atoms with Crippen LogP contribution in [0, 0.1) is 0 Å². The molecule has 30 heavy (non-hydrogen) atoms. The number of Topliss-reactive ketones (excluding diaryl/α,β-unsaturated/α-hetero) is 1. The Hall–Kier alpha value is -3.04. The van der Waals surface area contributed by atoms with Crippen molar-refractivity contribution in [1.29, 1.82) is 0 Å². The van der Waals surface area contributed by atoms with Crippen LogP contribution in [0.3, 0.4) is 0 Å². The number of pyridine rings is 1. The van der Waals surface area contributed by atoms with Crippen molar-refractivity contribution in [3.05, 3.63) is 70.3 Å². The number of thiazole rings is 1. The fraction of sp³-hybridized carbons (Fsp3) is 0.190. The van der Waals surface area contributed by atoms with Crippen molar-refractivity contribution in [2.24, 2.45) is 0 Å². The Labute approximate surface area is 177 Å². The van der Waals surface area contributed by atoms with Crippen LogP contribution in [0.1, 0.15) is 16.1 Å². The molecular weight excluding hydrogens is 422 g/mol. The Morgan fingerprint density at radius 2 is 1.93 bits per heavy atom. The van der Waals surface area contributed by atoms with Gasteiger partial charge in [0, 0.05) is 41.6 Å². The molecule has 3 heterocycles. The maximum absolute atomic E-state index is 12.5. The molecule has 2 aliphatic heterocycles. The van der Waals surface area contributed by atoms with Crippen LogP contribution in [0.2, 0.25) is 0 Å². The van der Waals surface area contributed by atoms with E-state index in [1.165, 1.54) is 23.8 Å². The first-order valence-corrected chi connectivity index (χ1v) is 12.1. The number of nitrogens with zero attached hydrogens (tertiary/aromatic N) is 3. The van der Waals surface area contributed by atoms with E-state index in [9.17, 15) is 18.4 Å². The third-order valence-corrected chi connectivity index (χ3v) is 6.26. The fourth-order valence-corrected chi connectivity index (χ4v) is 4.94. The number of ketones is 1. The normalized spacial score (nSPS) is 11.8. The molecule has 7 nitrogen and oxygen atoms in total. The van der Waals surface area contributed by atoms with Gasteiger partial charge in [0.1, 0.15) is 10.8 Å². The Morgan fingerprint density at radius 3 is 2.73 bits per heavy atom. The molecule has 1 aromatic carbocycles. The van der Waals surface area contributed by atoms with Gasteiger partial charge in [-0.25, -0.2) is 18.4 Å². The van der Waals surface area contributed by atoms with Crippen molar-refractivity contribution < 1.29 is 18.4 Å². The largest absolute Gasteiger partial charge is 0.427 e. The Balaban J connectivity index is 1.45. The summed E-state index contributed by atoms with van der Waals surface area (Å²) in [5, 5.41) is 12.4. The minimum absolute atomic E-state index is 0.00564. The molecule has 0 saturated heterocycles. The zero-order valence-electron chi connectivity index (χ0n) is 16.1. The van der Waals surface area contributed by atoms with Gasteiger partial charge in [-0.05, 0) is 23.3 Å². The third kappa shape index (κ3) is 4.58. The van der Waals surface area contributed by atoms with Crippen molar-refractivity contribution in [2.75, 3.05) is 6.26 Å². The highest BCUT2D eigenvalue weighted by Gasteiger charge is 2.18. The van der Waals surface area contributed by atoms with Gasteiger partial charge < -0.3 is 5.21 Å². The summed E-state index contributed by atoms with van der Waals surface area (Å²) in [6.45, 7) is 0. The molecule has 0 saturated carbocycles. The number of carbonyl (C=O) groups is 1. The Bertz CT molecular complexity index is 1290. The number of hydrogen-bond acceptors (Lipinski definition) is 7. The maximum Gasteiger partial charge on any atom is 0.175 e. The van der Waals surface area contributed by atoms with Crippen LogP contribution >= 0.6 is 11.3 Å². The van der Waals surface area contributed by atoms with E-state index in [-0.39, 0.29) is 24.4 Å². The summed E-state index contributed by atoms with van der Waals surface area (Å²) in [6.07, 6.45) is 4.78. The lowest BCUT2D eigenvalue weighted by molar-refractivity contribution is -0.117. The SMILES string of the molecule is CS(=O)(=O)Cc1cccc(CC(=O)Cc2nc(-c3cnc4n(O)cccc3-4)cs2)c1. The van der Waals surface area contributed by atoms with Gasteiger partial charge in [0.25, 0.3) is 0 Å². The third-order valence-electron chi connectivity index (χ3n) is 4.55. The van der Waals surface area contributed by atoms with Gasteiger partial charge in [0.2, 0.25) is 0 Å². The first kappa shape index (κ1) is 20.2. The summed E-state index contributed by atoms with van der Waals surface area (Å²) in [5.74, 6) is 0.415. The van der Waals surface area contributed by atoms with Gasteiger partial charge in [-0.2, -0.15) is 4.73 Å². The van der Waals surface area contributed by atoms with E-state index < -0.39 is 9.84 Å². The van der Waals surface area contributed by atoms with E-state index >= 15 is 0 Å². The van der Waals surface area contributed by atoms with Gasteiger partial charge in [0.15, 0.2) is 15.7 Å². The van der Waals surface area contributed by atoms with Crippen molar-refractivity contribution in [3.8, 4) is 22.6 Å². The molecule has 154 valence electrons. The molecule has 9 heteroatoms. The second kappa shape index (κ2) is 8.00. The van der Waals surface area contributed by atoms with E-state index in [1.54, 1.807) is 30.5 Å². The minimum Gasteiger partial charge on any atom is -0.427 e. The number of sulfone groups is 1. The van der Waals surface area contributed by atoms with Crippen LogP contribution in [0.15, 0.2) is 54.2 Å². The standard InChI is InChI=1S/C21H19N3O4S2/c1-30(27,28)13-15-5-2-4-14(8-15)9-16(25)10-20-23-19(12-29-20)18-11-22-21-17(18)6-3-7-24(21)26/h2-8,11-12,26H,9-10,13H2,1H3. The van der Waals surface area contributed by atoms with Crippen LogP contribution in [-0.2, 0) is 33.2 Å². The summed E-state index contributed by atoms with van der Waals surface area (Å²) in [7, 11) is -3.12. The molecule has 0 bridgehead atoms. The van der Waals surface area contributed by atoms with Crippen molar-refractivity contribution in [1.82, 2.24) is 14.7 Å². The molecule has 0 fully saturated rings. The van der Waals surface area contributed by atoms with Crippen LogP contribution < -0.4 is 0 Å². The highest BCUT2D eigenvalue weighted by molar-refractivity contribution is 7.89. The van der Waals surface area contributed by atoms with Gasteiger partial charge in [0.05, 0.1) is 17.9 Å². The molecule has 1 N–H and O–H groups in total. The van der Waals surface area contributed by atoms with Crippen LogP contribution in [-0.4, -0.2) is 40.4 Å². The number of fused-ring (bicyclic) bond motifs is 1. The predicted octanol–water partition coefficient (Wildman–Crippen LogP) is 3.25. The summed E-state index contributed by atoms with van der Waals surface area (Å²) in [4.78, 5) is 21.3. The summed E-state index contributed by atoms with van der Waals surface area (Å²) >= 11 is 1.40. The first-order valence-electron chi connectivity index (χ1n) is 9.16. The highest BCUT2D eigenvalue weighted by atomic mass is 32.2. The average molecular weight is 442 g/mol. The van der Waals surface area contributed by atoms with E-state index in [0.717, 1.165) is 21.4 Å². The Kier molecular flexibility index (Phi) is 5.40. The lowest BCUT2D eigenvalue weighted by atomic mass is 10.1. The van der Waals surface area contributed by atoms with E-state index in [4.69, 9.17) is 0 Å². The molecule has 0 spiro atoms. The smallest absolute Gasteiger partial charge is 0.175 e. The predicted molar refractivity (Wildman–Crippen MR) is 115 cm³/mol. The van der Waals surface area contributed by atoms with Crippen LogP contribution in [0.4, 0.5) is 0 Å². The van der Waals surface area contributed by atoms with Gasteiger partial charge in [-0.15, -0.1) is 11.3 Å². The fourth-order valence-electron chi connectivity index (χ4n) is 3.33. The van der Waals surface area contributed by atoms with E-state index in [2.05, 4.69) is 9.97 Å². The molecule has 4 rings (SSSR count). The average Bonchev–Trinajstić information content (AvgIpc) is 3.28. The van der Waals surface area contributed by atoms with Gasteiger partial charge in [-0.1, -0.05) is 24.3 Å². The summed E-state index contributed by atoms with van der Waals surface area (Å²) < 4.78 is 23.9. The second-order valence-electron chi connectivity index (χ2n) is 7.17. The zero-order valence-corrected chi connectivity index (χ0v) is 17.8. The van der Waals surface area contributed by atoms with Gasteiger partial charge in [-0.3, -0.25) is 4.79 Å². The molecule has 0 atom stereocenters. The number of benzene rings is 1. The lowest BCUT2D eigenvalue weighted by Crippen LogP contribution is -2.07. The van der Waals surface area contributed by atoms with Crippen LogP contribution in [0.5, 0.6) is 0 Å². The molecule has 0 amide bonds. The topological polar surface area (TPSA) is 102 Å². The number of hydrogen-bond donors (Lipinski definition) is 1. The lowest BCUT2D eigenvalue weighted by Gasteiger charge is -2.04. The summed E-state index contributed by atoms with van der Waals surface area (Å²) in [6, 6.07) is 10.7. The zero-order chi connectivity index (χ0) is 21.3. The van der Waals surface area contributed by atoms with Crippen molar-refractivity contribution in [2.45, 2.75) is 18.6 Å². The summed E-state index contributed by atoms with van der Waals surface area (Å²) in [5.41, 5.74) is 3.77. The van der Waals surface area contributed by atoms with Crippen molar-refractivity contribution >= 4 is 27.0 Å². The van der Waals surface area contributed by atoms with Crippen LogP contribution in [0.25, 0.3) is 22.6 Å². The van der Waals surface area contributed by atoms with E-state index in [1.807, 2.05) is 17.5 Å². The Morgan fingerprint density at radius 1 is 1.13 bits per heavy atom. The van der Waals surface area contributed by atoms with Gasteiger partial charge >= 0.3 is 0 Å². The minimum atomic E-state index is -3.12. The number of rotatable bonds is 7. The molecule has 0 radical (unpaired) electrons. The van der Waals surface area contributed by atoms with Crippen molar-refractivity contribution in [3.63, 3.8) is 0 Å². The molecule has 1 aromatic heterocycles. The maximum atomic E-state index is 12.5. The quantitative estimate of drug-likeness (QED) is 0.442. The molecular formula is C21H19N3O4S2. The number of aromatic nitrogens is 3. The monoisotopic (exact) mass is 441 g/mol. The molecule has 2 aliphatic rings. The number of carbonyl (C=O) groups excluding carboxylic acids is 1. The van der Waals surface area contributed by atoms with E-state index in [0.29, 0.717) is 22.1 Å².